The molecule has 0 N–H and O–H groups in total. The van der Waals surface area contributed by atoms with Crippen LogP contribution in [0.15, 0.2) is 51.8 Å². The Morgan fingerprint density at radius 3 is 2.88 bits per heavy atom. The Bertz CT molecular complexity index is 1260. The van der Waals surface area contributed by atoms with Gasteiger partial charge >= 0.3 is 0 Å². The molecule has 4 aromatic rings. The Morgan fingerprint density at radius 2 is 2.08 bits per heavy atom. The minimum absolute atomic E-state index is 0.0857. The van der Waals surface area contributed by atoms with Crippen molar-refractivity contribution in [2.24, 2.45) is 0 Å². The fraction of sp³-hybridized carbons (Fsp3) is 0.0667. The minimum atomic E-state index is -0.541. The topological polar surface area (TPSA) is 112 Å². The van der Waals surface area contributed by atoms with E-state index < -0.39 is 4.92 Å². The third-order valence-corrected chi connectivity index (χ3v) is 4.46. The quantitative estimate of drug-likeness (QED) is 0.406. The van der Waals surface area contributed by atoms with Gasteiger partial charge in [-0.1, -0.05) is 0 Å². The monoisotopic (exact) mass is 355 g/mol. The zero-order chi connectivity index (χ0) is 17.6. The maximum Gasteiger partial charge on any atom is 0.271 e. The van der Waals surface area contributed by atoms with E-state index in [0.29, 0.717) is 10.7 Å². The first-order chi connectivity index (χ1) is 12.0. The summed E-state index contributed by atoms with van der Waals surface area (Å²) in [4.78, 5) is 43.8. The molecule has 4 rings (SSSR count). The number of rotatable bonds is 3. The van der Waals surface area contributed by atoms with Crippen LogP contribution in [0.1, 0.15) is 5.69 Å². The molecular weight excluding hydrogens is 346 g/mol. The Labute approximate surface area is 142 Å². The van der Waals surface area contributed by atoms with Gasteiger partial charge in [-0.15, -0.1) is 11.3 Å². The third kappa shape index (κ3) is 2.58. The van der Waals surface area contributed by atoms with Crippen molar-refractivity contribution in [1.29, 1.82) is 0 Å². The van der Waals surface area contributed by atoms with Crippen LogP contribution in [0.25, 0.3) is 15.9 Å². The van der Waals surface area contributed by atoms with Gasteiger partial charge in [-0.25, -0.2) is 9.97 Å². The summed E-state index contributed by atoms with van der Waals surface area (Å²) in [7, 11) is 0. The molecule has 9 nitrogen and oxygen atoms in total. The SMILES string of the molecule is O=c1c2ccc([N+](=O)[O-])cc2ncn1Cc1cc(=O)n2ccsc2n1. The number of non-ortho nitro benzene ring substituents is 1. The second kappa shape index (κ2) is 5.60. The molecule has 3 heterocycles. The first-order valence-corrected chi connectivity index (χ1v) is 8.00. The van der Waals surface area contributed by atoms with Gasteiger partial charge in [0, 0.05) is 29.8 Å². The summed E-state index contributed by atoms with van der Waals surface area (Å²) < 4.78 is 2.74. The van der Waals surface area contributed by atoms with Crippen molar-refractivity contribution in [3.63, 3.8) is 0 Å². The van der Waals surface area contributed by atoms with Gasteiger partial charge in [-0.05, 0) is 6.07 Å². The average molecular weight is 355 g/mol. The van der Waals surface area contributed by atoms with E-state index in [2.05, 4.69) is 9.97 Å². The molecule has 0 aliphatic heterocycles. The Hall–Kier alpha value is -3.40. The van der Waals surface area contributed by atoms with Gasteiger partial charge in [0.1, 0.15) is 0 Å². The number of thiazole rings is 1. The third-order valence-electron chi connectivity index (χ3n) is 3.71. The van der Waals surface area contributed by atoms with Gasteiger partial charge in [0.05, 0.1) is 34.4 Å². The highest BCUT2D eigenvalue weighted by molar-refractivity contribution is 7.15. The summed E-state index contributed by atoms with van der Waals surface area (Å²) in [6.07, 6.45) is 2.93. The molecule has 0 spiro atoms. The molecule has 1 aromatic carbocycles. The van der Waals surface area contributed by atoms with Crippen LogP contribution in [0.5, 0.6) is 0 Å². The number of nitro benzene ring substituents is 1. The summed E-state index contributed by atoms with van der Waals surface area (Å²) in [5.41, 5.74) is -0.0171. The van der Waals surface area contributed by atoms with Crippen LogP contribution in [0.2, 0.25) is 0 Å². The highest BCUT2D eigenvalue weighted by Crippen LogP contribution is 2.16. The molecule has 0 unspecified atom stereocenters. The summed E-state index contributed by atoms with van der Waals surface area (Å²) in [5.74, 6) is 0. The maximum atomic E-state index is 12.6. The molecular formula is C15H9N5O4S. The van der Waals surface area contributed by atoms with Crippen LogP contribution in [0.3, 0.4) is 0 Å². The lowest BCUT2D eigenvalue weighted by Gasteiger charge is -2.06. The molecule has 0 bridgehead atoms. The number of hydrogen-bond donors (Lipinski definition) is 0. The molecule has 124 valence electrons. The number of nitrogens with zero attached hydrogens (tertiary/aromatic N) is 5. The number of aromatic nitrogens is 4. The fourth-order valence-electron chi connectivity index (χ4n) is 2.52. The van der Waals surface area contributed by atoms with Crippen LogP contribution in [0.4, 0.5) is 5.69 Å². The summed E-state index contributed by atoms with van der Waals surface area (Å²) in [6.45, 7) is 0.0857. The van der Waals surface area contributed by atoms with E-state index in [0.717, 1.165) is 0 Å². The minimum Gasteiger partial charge on any atom is -0.293 e. The molecule has 0 fully saturated rings. The molecule has 0 saturated carbocycles. The molecule has 0 amide bonds. The number of fused-ring (bicyclic) bond motifs is 2. The van der Waals surface area contributed by atoms with Crippen molar-refractivity contribution in [1.82, 2.24) is 18.9 Å². The van der Waals surface area contributed by atoms with Crippen molar-refractivity contribution in [2.75, 3.05) is 0 Å². The normalized spacial score (nSPS) is 11.2. The smallest absolute Gasteiger partial charge is 0.271 e. The Kier molecular flexibility index (Phi) is 3.39. The van der Waals surface area contributed by atoms with E-state index in [4.69, 9.17) is 0 Å². The van der Waals surface area contributed by atoms with Crippen LogP contribution in [0, 0.1) is 10.1 Å². The van der Waals surface area contributed by atoms with Crippen LogP contribution < -0.4 is 11.1 Å². The predicted octanol–water partition coefficient (Wildman–Crippen LogP) is 1.42. The molecule has 0 aliphatic carbocycles. The number of nitro groups is 1. The van der Waals surface area contributed by atoms with Gasteiger partial charge in [0.25, 0.3) is 16.8 Å². The van der Waals surface area contributed by atoms with Gasteiger partial charge in [0.15, 0.2) is 4.96 Å². The van der Waals surface area contributed by atoms with E-state index in [1.807, 2.05) is 0 Å². The standard InChI is InChI=1S/C15H9N5O4S/c21-13-5-9(17-15-19(13)3-4-25-15)7-18-8-16-12-6-10(20(23)24)1-2-11(12)14(18)22/h1-6,8H,7H2. The second-order valence-corrected chi connectivity index (χ2v) is 6.15. The first-order valence-electron chi connectivity index (χ1n) is 7.12. The lowest BCUT2D eigenvalue weighted by Crippen LogP contribution is -2.23. The van der Waals surface area contributed by atoms with Gasteiger partial charge in [0.2, 0.25) is 0 Å². The van der Waals surface area contributed by atoms with E-state index in [1.54, 1.807) is 11.6 Å². The average Bonchev–Trinajstić information content (AvgIpc) is 3.06. The molecule has 10 heteroatoms. The number of benzene rings is 1. The molecule has 25 heavy (non-hydrogen) atoms. The first kappa shape index (κ1) is 15.1. The summed E-state index contributed by atoms with van der Waals surface area (Å²) in [5, 5.41) is 12.8. The highest BCUT2D eigenvalue weighted by Gasteiger charge is 2.11. The second-order valence-electron chi connectivity index (χ2n) is 5.28. The van der Waals surface area contributed by atoms with Crippen molar-refractivity contribution in [2.45, 2.75) is 6.54 Å². The lowest BCUT2D eigenvalue weighted by molar-refractivity contribution is -0.384. The van der Waals surface area contributed by atoms with E-state index in [1.165, 1.54) is 50.9 Å². The summed E-state index contributed by atoms with van der Waals surface area (Å²) >= 11 is 1.32. The molecule has 0 aliphatic rings. The van der Waals surface area contributed by atoms with Crippen LogP contribution in [-0.2, 0) is 6.54 Å². The molecule has 0 atom stereocenters. The lowest BCUT2D eigenvalue weighted by atomic mass is 10.2. The Balaban J connectivity index is 1.79. The largest absolute Gasteiger partial charge is 0.293 e. The van der Waals surface area contributed by atoms with Gasteiger partial charge < -0.3 is 0 Å². The van der Waals surface area contributed by atoms with Crippen molar-refractivity contribution < 1.29 is 4.92 Å². The molecule has 3 aromatic heterocycles. The van der Waals surface area contributed by atoms with Gasteiger partial charge in [-0.3, -0.25) is 28.7 Å². The maximum absolute atomic E-state index is 12.6. The van der Waals surface area contributed by atoms with Crippen molar-refractivity contribution in [3.8, 4) is 0 Å². The van der Waals surface area contributed by atoms with E-state index in [9.17, 15) is 19.7 Å². The highest BCUT2D eigenvalue weighted by atomic mass is 32.1. The van der Waals surface area contributed by atoms with Crippen molar-refractivity contribution in [3.05, 3.63) is 78.7 Å². The zero-order valence-corrected chi connectivity index (χ0v) is 13.3. The van der Waals surface area contributed by atoms with E-state index in [-0.39, 0.29) is 34.3 Å². The van der Waals surface area contributed by atoms with E-state index >= 15 is 0 Å². The summed E-state index contributed by atoms with van der Waals surface area (Å²) in [6, 6.07) is 5.26. The molecule has 0 saturated heterocycles. The van der Waals surface area contributed by atoms with Crippen LogP contribution in [-0.4, -0.2) is 23.9 Å². The van der Waals surface area contributed by atoms with Gasteiger partial charge in [-0.2, -0.15) is 0 Å². The fourth-order valence-corrected chi connectivity index (χ4v) is 3.25. The van der Waals surface area contributed by atoms with Crippen LogP contribution >= 0.6 is 11.3 Å². The zero-order valence-electron chi connectivity index (χ0n) is 12.5. The molecule has 0 radical (unpaired) electrons. The van der Waals surface area contributed by atoms with Crippen molar-refractivity contribution >= 4 is 32.9 Å². The Morgan fingerprint density at radius 1 is 1.24 bits per heavy atom. The predicted molar refractivity (Wildman–Crippen MR) is 91.1 cm³/mol. The number of hydrogen-bond acceptors (Lipinski definition) is 7.